The van der Waals surface area contributed by atoms with Crippen LogP contribution in [0.1, 0.15) is 54.7 Å². The van der Waals surface area contributed by atoms with Gasteiger partial charge in [-0.05, 0) is 53.6 Å². The zero-order chi connectivity index (χ0) is 15.9. The van der Waals surface area contributed by atoms with Gasteiger partial charge in [0, 0.05) is 5.02 Å². The summed E-state index contributed by atoms with van der Waals surface area (Å²) in [6, 6.07) is 16.3. The van der Waals surface area contributed by atoms with E-state index < -0.39 is 0 Å². The Hall–Kier alpha value is -1.80. The van der Waals surface area contributed by atoms with E-state index in [4.69, 9.17) is 16.4 Å². The highest BCUT2D eigenvalue weighted by Gasteiger charge is 2.15. The standard InChI is InChI=1S/C20H22ClNO/c21-20-11-5-7-17(13-20)15-23-22-14-16-6-4-10-19(12-16)18-8-2-1-3-9-18/h4-7,10-14,18H,1-3,8-9,15H2. The van der Waals surface area contributed by atoms with Gasteiger partial charge in [0.25, 0.3) is 0 Å². The van der Waals surface area contributed by atoms with Gasteiger partial charge in [-0.3, -0.25) is 0 Å². The van der Waals surface area contributed by atoms with Gasteiger partial charge in [0.15, 0.2) is 0 Å². The Kier molecular flexibility index (Phi) is 5.71. The summed E-state index contributed by atoms with van der Waals surface area (Å²) in [7, 11) is 0. The zero-order valence-electron chi connectivity index (χ0n) is 13.2. The lowest BCUT2D eigenvalue weighted by molar-refractivity contribution is 0.132. The molecule has 0 amide bonds. The summed E-state index contributed by atoms with van der Waals surface area (Å²) in [5.74, 6) is 0.712. The van der Waals surface area contributed by atoms with Crippen molar-refractivity contribution >= 4 is 17.8 Å². The van der Waals surface area contributed by atoms with Gasteiger partial charge in [0.05, 0.1) is 6.21 Å². The predicted molar refractivity (Wildman–Crippen MR) is 96.1 cm³/mol. The van der Waals surface area contributed by atoms with Crippen LogP contribution in [0.25, 0.3) is 0 Å². The summed E-state index contributed by atoms with van der Waals surface area (Å²) in [6.45, 7) is 0.430. The number of hydrogen-bond donors (Lipinski definition) is 0. The molecule has 0 aromatic heterocycles. The van der Waals surface area contributed by atoms with Crippen molar-refractivity contribution in [2.75, 3.05) is 0 Å². The molecule has 1 aliphatic carbocycles. The average molecular weight is 328 g/mol. The van der Waals surface area contributed by atoms with Crippen LogP contribution in [0.15, 0.2) is 53.7 Å². The molecule has 1 fully saturated rings. The fraction of sp³-hybridized carbons (Fsp3) is 0.350. The molecule has 0 spiro atoms. The maximum absolute atomic E-state index is 5.95. The SMILES string of the molecule is Clc1cccc(CON=Cc2cccc(C3CCCCC3)c2)c1. The first-order valence-electron chi connectivity index (χ1n) is 8.31. The molecule has 1 saturated carbocycles. The second-order valence-corrected chi connectivity index (χ2v) is 6.58. The molecule has 0 radical (unpaired) electrons. The van der Waals surface area contributed by atoms with E-state index in [1.165, 1.54) is 37.7 Å². The van der Waals surface area contributed by atoms with Crippen LogP contribution < -0.4 is 0 Å². The van der Waals surface area contributed by atoms with Gasteiger partial charge < -0.3 is 4.84 Å². The van der Waals surface area contributed by atoms with E-state index in [0.29, 0.717) is 12.5 Å². The molecule has 120 valence electrons. The van der Waals surface area contributed by atoms with Gasteiger partial charge in [0.1, 0.15) is 6.61 Å². The van der Waals surface area contributed by atoms with Gasteiger partial charge >= 0.3 is 0 Å². The summed E-state index contributed by atoms with van der Waals surface area (Å²) >= 11 is 5.95. The van der Waals surface area contributed by atoms with Gasteiger partial charge in [-0.1, -0.05) is 66.4 Å². The molecule has 0 N–H and O–H groups in total. The van der Waals surface area contributed by atoms with Gasteiger partial charge in [-0.15, -0.1) is 0 Å². The van der Waals surface area contributed by atoms with Crippen LogP contribution in [0.3, 0.4) is 0 Å². The van der Waals surface area contributed by atoms with Crippen LogP contribution in [-0.4, -0.2) is 6.21 Å². The van der Waals surface area contributed by atoms with E-state index in [1.54, 1.807) is 6.21 Å². The normalized spacial score (nSPS) is 15.9. The van der Waals surface area contributed by atoms with Gasteiger partial charge in [-0.2, -0.15) is 0 Å². The van der Waals surface area contributed by atoms with Crippen LogP contribution in [-0.2, 0) is 11.4 Å². The van der Waals surface area contributed by atoms with Crippen molar-refractivity contribution in [2.24, 2.45) is 5.16 Å². The number of nitrogens with zero attached hydrogens (tertiary/aromatic N) is 1. The van der Waals surface area contributed by atoms with Crippen molar-refractivity contribution < 1.29 is 4.84 Å². The first-order chi connectivity index (χ1) is 11.3. The van der Waals surface area contributed by atoms with E-state index >= 15 is 0 Å². The van der Waals surface area contributed by atoms with Crippen LogP contribution in [0.2, 0.25) is 5.02 Å². The van der Waals surface area contributed by atoms with E-state index in [9.17, 15) is 0 Å². The fourth-order valence-electron chi connectivity index (χ4n) is 3.17. The maximum Gasteiger partial charge on any atom is 0.142 e. The highest BCUT2D eigenvalue weighted by Crippen LogP contribution is 2.32. The Labute approximate surface area is 143 Å². The lowest BCUT2D eigenvalue weighted by atomic mass is 9.84. The fourth-order valence-corrected chi connectivity index (χ4v) is 3.38. The molecule has 0 atom stereocenters. The molecule has 3 heteroatoms. The van der Waals surface area contributed by atoms with Crippen molar-refractivity contribution in [1.29, 1.82) is 0 Å². The van der Waals surface area contributed by atoms with Crippen LogP contribution >= 0.6 is 11.6 Å². The first kappa shape index (κ1) is 16.1. The smallest absolute Gasteiger partial charge is 0.142 e. The third-order valence-electron chi connectivity index (χ3n) is 4.38. The molecule has 2 aromatic carbocycles. The second kappa shape index (κ2) is 8.16. The van der Waals surface area contributed by atoms with E-state index in [2.05, 4.69) is 29.4 Å². The molecule has 23 heavy (non-hydrogen) atoms. The second-order valence-electron chi connectivity index (χ2n) is 6.14. The zero-order valence-corrected chi connectivity index (χ0v) is 14.0. The van der Waals surface area contributed by atoms with Crippen molar-refractivity contribution in [3.05, 3.63) is 70.2 Å². The van der Waals surface area contributed by atoms with Crippen LogP contribution in [0, 0.1) is 0 Å². The predicted octanol–water partition coefficient (Wildman–Crippen LogP) is 5.94. The van der Waals surface area contributed by atoms with Gasteiger partial charge in [-0.25, -0.2) is 0 Å². The minimum absolute atomic E-state index is 0.430. The highest BCUT2D eigenvalue weighted by molar-refractivity contribution is 6.30. The third kappa shape index (κ3) is 4.84. The molecule has 0 bridgehead atoms. The lowest BCUT2D eigenvalue weighted by Gasteiger charge is -2.22. The maximum atomic E-state index is 5.95. The van der Waals surface area contributed by atoms with Crippen LogP contribution in [0.4, 0.5) is 0 Å². The molecule has 0 saturated heterocycles. The molecule has 2 nitrogen and oxygen atoms in total. The highest BCUT2D eigenvalue weighted by atomic mass is 35.5. The topological polar surface area (TPSA) is 21.6 Å². The Balaban J connectivity index is 1.57. The monoisotopic (exact) mass is 327 g/mol. The summed E-state index contributed by atoms with van der Waals surface area (Å²) in [5.41, 5.74) is 3.55. The van der Waals surface area contributed by atoms with E-state index in [1.807, 2.05) is 24.3 Å². The Bertz CT molecular complexity index is 662. The number of rotatable bonds is 5. The minimum Gasteiger partial charge on any atom is -0.391 e. The summed E-state index contributed by atoms with van der Waals surface area (Å²) < 4.78 is 0. The molecule has 3 rings (SSSR count). The Morgan fingerprint density at radius 2 is 1.87 bits per heavy atom. The van der Waals surface area contributed by atoms with Gasteiger partial charge in [0.2, 0.25) is 0 Å². The average Bonchev–Trinajstić information content (AvgIpc) is 2.60. The first-order valence-corrected chi connectivity index (χ1v) is 8.69. The molecule has 0 unspecified atom stereocenters. The molecular weight excluding hydrogens is 306 g/mol. The Morgan fingerprint density at radius 3 is 2.70 bits per heavy atom. The number of benzene rings is 2. The quantitative estimate of drug-likeness (QED) is 0.492. The molecule has 0 heterocycles. The third-order valence-corrected chi connectivity index (χ3v) is 4.62. The number of hydrogen-bond acceptors (Lipinski definition) is 2. The summed E-state index contributed by atoms with van der Waals surface area (Å²) in [4.78, 5) is 5.37. The summed E-state index contributed by atoms with van der Waals surface area (Å²) in [5, 5.41) is 4.80. The molecule has 1 aliphatic rings. The molecule has 2 aromatic rings. The van der Waals surface area contributed by atoms with Crippen molar-refractivity contribution in [1.82, 2.24) is 0 Å². The largest absolute Gasteiger partial charge is 0.391 e. The van der Waals surface area contributed by atoms with Crippen molar-refractivity contribution in [3.8, 4) is 0 Å². The van der Waals surface area contributed by atoms with E-state index in [-0.39, 0.29) is 0 Å². The molecular formula is C20H22ClNO. The molecule has 0 aliphatic heterocycles. The minimum atomic E-state index is 0.430. The van der Waals surface area contributed by atoms with E-state index in [0.717, 1.165) is 16.1 Å². The van der Waals surface area contributed by atoms with Crippen LogP contribution in [0.5, 0.6) is 0 Å². The number of oxime groups is 1. The number of halogens is 1. The Morgan fingerprint density at radius 1 is 1.04 bits per heavy atom. The van der Waals surface area contributed by atoms with Crippen molar-refractivity contribution in [3.63, 3.8) is 0 Å². The lowest BCUT2D eigenvalue weighted by Crippen LogP contribution is -2.04. The summed E-state index contributed by atoms with van der Waals surface area (Å²) in [6.07, 6.45) is 8.50. The van der Waals surface area contributed by atoms with Crippen molar-refractivity contribution in [2.45, 2.75) is 44.6 Å².